The van der Waals surface area contributed by atoms with Crippen LogP contribution in [-0.4, -0.2) is 22.6 Å². The van der Waals surface area contributed by atoms with Crippen molar-refractivity contribution in [3.05, 3.63) is 100 Å². The number of carbonyl (C=O) groups excluding carboxylic acids is 1. The molecule has 1 heterocycles. The molecule has 4 rings (SSSR count). The molecule has 0 fully saturated rings. The van der Waals surface area contributed by atoms with E-state index in [1.165, 1.54) is 23.0 Å². The molecular weight excluding hydrogens is 385 g/mol. The van der Waals surface area contributed by atoms with Crippen LogP contribution in [0.15, 0.2) is 77.9 Å². The summed E-state index contributed by atoms with van der Waals surface area (Å²) >= 11 is 0. The normalized spacial score (nSPS) is 10.7. The number of hydrogen-bond donors (Lipinski definition) is 1. The van der Waals surface area contributed by atoms with Crippen molar-refractivity contribution in [1.82, 2.24) is 14.9 Å². The summed E-state index contributed by atoms with van der Waals surface area (Å²) in [4.78, 5) is 29.7. The van der Waals surface area contributed by atoms with Crippen LogP contribution in [0, 0.1) is 5.82 Å². The molecule has 0 aliphatic rings. The van der Waals surface area contributed by atoms with Crippen LogP contribution in [0.2, 0.25) is 0 Å². The third-order valence-electron chi connectivity index (χ3n) is 4.72. The molecule has 1 N–H and O–H groups in total. The minimum atomic E-state index is -0.328. The molecule has 0 aliphatic carbocycles. The van der Waals surface area contributed by atoms with E-state index in [-0.39, 0.29) is 23.8 Å². The second kappa shape index (κ2) is 8.16. The van der Waals surface area contributed by atoms with Gasteiger partial charge in [-0.05, 0) is 48.0 Å². The molecule has 0 unspecified atom stereocenters. The first-order chi connectivity index (χ1) is 14.5. The maximum atomic E-state index is 13.0. The summed E-state index contributed by atoms with van der Waals surface area (Å²) in [6, 6.07) is 17.8. The number of benzene rings is 3. The minimum absolute atomic E-state index is 0.244. The number of ether oxygens (including phenoxy) is 1. The van der Waals surface area contributed by atoms with E-state index in [9.17, 15) is 14.0 Å². The molecule has 0 saturated heterocycles. The first-order valence-corrected chi connectivity index (χ1v) is 9.23. The molecular formula is C23H18FN3O3. The number of hydrogen-bond acceptors (Lipinski definition) is 4. The number of aromatic nitrogens is 2. The highest BCUT2D eigenvalue weighted by Crippen LogP contribution is 2.17. The zero-order valence-electron chi connectivity index (χ0n) is 16.1. The molecule has 0 saturated carbocycles. The largest absolute Gasteiger partial charge is 0.497 e. The van der Waals surface area contributed by atoms with Crippen molar-refractivity contribution in [2.75, 3.05) is 7.11 Å². The zero-order valence-corrected chi connectivity index (χ0v) is 16.1. The van der Waals surface area contributed by atoms with E-state index in [2.05, 4.69) is 10.3 Å². The summed E-state index contributed by atoms with van der Waals surface area (Å²) in [6.45, 7) is 0.266. The Morgan fingerprint density at radius 1 is 1.10 bits per heavy atom. The van der Waals surface area contributed by atoms with Gasteiger partial charge in [-0.2, -0.15) is 0 Å². The fraction of sp³-hybridized carbons (Fsp3) is 0.0870. The molecule has 30 heavy (non-hydrogen) atoms. The van der Waals surface area contributed by atoms with Gasteiger partial charge in [0.1, 0.15) is 17.9 Å². The van der Waals surface area contributed by atoms with E-state index in [1.54, 1.807) is 61.7 Å². The second-order valence-electron chi connectivity index (χ2n) is 6.66. The quantitative estimate of drug-likeness (QED) is 0.554. The Hall–Kier alpha value is -4.00. The molecule has 1 aromatic heterocycles. The average Bonchev–Trinajstić information content (AvgIpc) is 2.78. The maximum Gasteiger partial charge on any atom is 0.265 e. The lowest BCUT2D eigenvalue weighted by Gasteiger charge is -2.09. The standard InChI is InChI=1S/C23H18FN3O3/c1-30-19-4-2-3-18(12-19)27-14-26-21-11-16(7-10-20(21)23(27)29)22(28)25-13-15-5-8-17(24)9-6-15/h2-12,14H,13H2,1H3,(H,25,28). The number of methoxy groups -OCH3 is 1. The van der Waals surface area contributed by atoms with Crippen molar-refractivity contribution < 1.29 is 13.9 Å². The lowest BCUT2D eigenvalue weighted by Crippen LogP contribution is -2.23. The van der Waals surface area contributed by atoms with E-state index in [4.69, 9.17) is 4.74 Å². The number of halogens is 1. The lowest BCUT2D eigenvalue weighted by atomic mass is 10.1. The molecule has 0 atom stereocenters. The predicted octanol–water partition coefficient (Wildman–Crippen LogP) is 3.46. The van der Waals surface area contributed by atoms with Crippen LogP contribution in [0.25, 0.3) is 16.6 Å². The highest BCUT2D eigenvalue weighted by atomic mass is 19.1. The fourth-order valence-corrected chi connectivity index (χ4v) is 3.09. The number of fused-ring (bicyclic) bond motifs is 1. The van der Waals surface area contributed by atoms with E-state index in [1.807, 2.05) is 0 Å². The predicted molar refractivity (Wildman–Crippen MR) is 111 cm³/mol. The van der Waals surface area contributed by atoms with E-state index >= 15 is 0 Å². The molecule has 1 amide bonds. The third kappa shape index (κ3) is 3.91. The lowest BCUT2D eigenvalue weighted by molar-refractivity contribution is 0.0951. The molecule has 7 heteroatoms. The number of nitrogens with one attached hydrogen (secondary N) is 1. The van der Waals surface area contributed by atoms with Gasteiger partial charge in [-0.1, -0.05) is 18.2 Å². The first kappa shape index (κ1) is 19.3. The Morgan fingerprint density at radius 3 is 2.67 bits per heavy atom. The Bertz CT molecular complexity index is 1280. The molecule has 4 aromatic rings. The molecule has 150 valence electrons. The average molecular weight is 403 g/mol. The van der Waals surface area contributed by atoms with Crippen molar-refractivity contribution in [2.45, 2.75) is 6.54 Å². The number of carbonyl (C=O) groups is 1. The van der Waals surface area contributed by atoms with Crippen LogP contribution < -0.4 is 15.6 Å². The van der Waals surface area contributed by atoms with Crippen molar-refractivity contribution in [2.24, 2.45) is 0 Å². The zero-order chi connectivity index (χ0) is 21.1. The van der Waals surface area contributed by atoms with Crippen LogP contribution in [0.1, 0.15) is 15.9 Å². The van der Waals surface area contributed by atoms with Crippen molar-refractivity contribution in [3.8, 4) is 11.4 Å². The topological polar surface area (TPSA) is 73.2 Å². The van der Waals surface area contributed by atoms with Gasteiger partial charge in [-0.15, -0.1) is 0 Å². The molecule has 6 nitrogen and oxygen atoms in total. The van der Waals surface area contributed by atoms with Gasteiger partial charge < -0.3 is 10.1 Å². The van der Waals surface area contributed by atoms with E-state index < -0.39 is 0 Å². The van der Waals surface area contributed by atoms with Crippen molar-refractivity contribution in [3.63, 3.8) is 0 Å². The molecule has 3 aromatic carbocycles. The Balaban J connectivity index is 1.59. The van der Waals surface area contributed by atoms with Crippen LogP contribution in [0.5, 0.6) is 5.75 Å². The smallest absolute Gasteiger partial charge is 0.265 e. The van der Waals surface area contributed by atoms with Crippen LogP contribution >= 0.6 is 0 Å². The SMILES string of the molecule is COc1cccc(-n2cnc3cc(C(=O)NCc4ccc(F)cc4)ccc3c2=O)c1. The van der Waals surface area contributed by atoms with Gasteiger partial charge in [-0.3, -0.25) is 14.2 Å². The van der Waals surface area contributed by atoms with Crippen molar-refractivity contribution >= 4 is 16.8 Å². The molecule has 0 spiro atoms. The number of amides is 1. The third-order valence-corrected chi connectivity index (χ3v) is 4.72. The number of nitrogens with zero attached hydrogens (tertiary/aromatic N) is 2. The number of rotatable bonds is 5. The highest BCUT2D eigenvalue weighted by Gasteiger charge is 2.11. The highest BCUT2D eigenvalue weighted by molar-refractivity contribution is 5.97. The van der Waals surface area contributed by atoms with Crippen LogP contribution in [0.4, 0.5) is 4.39 Å². The summed E-state index contributed by atoms with van der Waals surface area (Å²) in [5.41, 5.74) is 1.98. The Kier molecular flexibility index (Phi) is 5.26. The molecule has 0 aliphatic heterocycles. The van der Waals surface area contributed by atoms with Gasteiger partial charge in [0, 0.05) is 18.2 Å². The summed E-state index contributed by atoms with van der Waals surface area (Å²) in [5.74, 6) is -0.00190. The van der Waals surface area contributed by atoms with Crippen LogP contribution in [-0.2, 0) is 6.54 Å². The first-order valence-electron chi connectivity index (χ1n) is 9.23. The Morgan fingerprint density at radius 2 is 1.90 bits per heavy atom. The van der Waals surface area contributed by atoms with E-state index in [0.717, 1.165) is 5.56 Å². The minimum Gasteiger partial charge on any atom is -0.497 e. The summed E-state index contributed by atoms with van der Waals surface area (Å²) in [7, 11) is 1.56. The van der Waals surface area contributed by atoms with Crippen LogP contribution in [0.3, 0.4) is 0 Å². The maximum absolute atomic E-state index is 13.0. The summed E-state index contributed by atoms with van der Waals surface area (Å²) in [5, 5.41) is 3.18. The second-order valence-corrected chi connectivity index (χ2v) is 6.66. The summed E-state index contributed by atoms with van der Waals surface area (Å²) in [6.07, 6.45) is 1.43. The Labute approximate surface area is 171 Å². The summed E-state index contributed by atoms with van der Waals surface area (Å²) < 4.78 is 19.6. The van der Waals surface area contributed by atoms with E-state index in [0.29, 0.717) is 27.9 Å². The van der Waals surface area contributed by atoms with Gasteiger partial charge in [0.25, 0.3) is 11.5 Å². The fourth-order valence-electron chi connectivity index (χ4n) is 3.09. The van der Waals surface area contributed by atoms with Crippen molar-refractivity contribution in [1.29, 1.82) is 0 Å². The van der Waals surface area contributed by atoms with Gasteiger partial charge in [0.2, 0.25) is 0 Å². The van der Waals surface area contributed by atoms with Gasteiger partial charge in [0.05, 0.1) is 23.7 Å². The van der Waals surface area contributed by atoms with Gasteiger partial charge >= 0.3 is 0 Å². The molecule has 0 radical (unpaired) electrons. The van der Waals surface area contributed by atoms with Gasteiger partial charge in [0.15, 0.2) is 0 Å². The monoisotopic (exact) mass is 403 g/mol. The van der Waals surface area contributed by atoms with Gasteiger partial charge in [-0.25, -0.2) is 9.37 Å². The molecule has 0 bridgehead atoms.